The number of carbonyl (C=O) groups excluding carboxylic acids is 1. The van der Waals surface area contributed by atoms with Crippen molar-refractivity contribution < 1.29 is 14.3 Å². The van der Waals surface area contributed by atoms with Crippen LogP contribution in [0.15, 0.2) is 24.3 Å². The molecule has 1 saturated heterocycles. The van der Waals surface area contributed by atoms with Crippen molar-refractivity contribution in [2.75, 3.05) is 20.3 Å². The molecule has 0 unspecified atom stereocenters. The first-order valence-electron chi connectivity index (χ1n) is 8.42. The van der Waals surface area contributed by atoms with Gasteiger partial charge in [0.15, 0.2) is 0 Å². The fraction of sp³-hybridized carbons (Fsp3) is 0.632. The number of nitrogens with zero attached hydrogens (tertiary/aromatic N) is 1. The number of hydrogen-bond acceptors (Lipinski definition) is 3. The van der Waals surface area contributed by atoms with Gasteiger partial charge < -0.3 is 14.4 Å². The van der Waals surface area contributed by atoms with Gasteiger partial charge in [-0.2, -0.15) is 0 Å². The molecule has 1 amide bonds. The van der Waals surface area contributed by atoms with E-state index in [1.54, 1.807) is 14.0 Å². The molecule has 4 heteroatoms. The molecule has 0 radical (unpaired) electrons. The lowest BCUT2D eigenvalue weighted by atomic mass is 9.86. The zero-order chi connectivity index (χ0) is 16.9. The number of amides is 1. The van der Waals surface area contributed by atoms with Gasteiger partial charge >= 0.3 is 0 Å². The van der Waals surface area contributed by atoms with Crippen molar-refractivity contribution in [3.8, 4) is 5.75 Å². The van der Waals surface area contributed by atoms with Gasteiger partial charge in [-0.25, -0.2) is 0 Å². The lowest BCUT2D eigenvalue weighted by molar-refractivity contribution is -0.130. The third-order valence-corrected chi connectivity index (χ3v) is 4.58. The Hall–Kier alpha value is -1.55. The Morgan fingerprint density at radius 3 is 2.61 bits per heavy atom. The molecule has 1 aliphatic rings. The predicted molar refractivity (Wildman–Crippen MR) is 91.5 cm³/mol. The Labute approximate surface area is 139 Å². The third kappa shape index (κ3) is 5.54. The molecule has 1 aromatic rings. The van der Waals surface area contributed by atoms with Crippen molar-refractivity contribution in [1.29, 1.82) is 0 Å². The van der Waals surface area contributed by atoms with E-state index < -0.39 is 0 Å². The highest BCUT2D eigenvalue weighted by molar-refractivity contribution is 5.73. The van der Waals surface area contributed by atoms with E-state index in [9.17, 15) is 4.79 Å². The fourth-order valence-corrected chi connectivity index (χ4v) is 3.24. The topological polar surface area (TPSA) is 38.8 Å². The fourth-order valence-electron chi connectivity index (χ4n) is 3.24. The first kappa shape index (κ1) is 17.8. The standard InChI is InChI=1S/C19H29NO3/c1-15(21)20(14-17-5-7-18(22-4)8-6-17)11-9-16-10-12-23-19(2,3)13-16/h5-8,16H,9-14H2,1-4H3/t16-/m0/s1. The first-order valence-corrected chi connectivity index (χ1v) is 8.42. The van der Waals surface area contributed by atoms with Gasteiger partial charge in [0.1, 0.15) is 5.75 Å². The molecule has 2 rings (SSSR count). The number of benzene rings is 1. The van der Waals surface area contributed by atoms with Crippen LogP contribution in [0.4, 0.5) is 0 Å². The number of carbonyl (C=O) groups is 1. The highest BCUT2D eigenvalue weighted by Gasteiger charge is 2.29. The molecule has 0 bridgehead atoms. The zero-order valence-corrected chi connectivity index (χ0v) is 14.8. The second-order valence-corrected chi connectivity index (χ2v) is 7.04. The maximum Gasteiger partial charge on any atom is 0.219 e. The van der Waals surface area contributed by atoms with Crippen molar-refractivity contribution in [2.24, 2.45) is 5.92 Å². The van der Waals surface area contributed by atoms with Gasteiger partial charge in [0.25, 0.3) is 0 Å². The summed E-state index contributed by atoms with van der Waals surface area (Å²) in [6, 6.07) is 7.92. The van der Waals surface area contributed by atoms with E-state index in [0.717, 1.165) is 43.7 Å². The molecule has 128 valence electrons. The maximum atomic E-state index is 11.9. The second-order valence-electron chi connectivity index (χ2n) is 7.04. The molecule has 0 N–H and O–H groups in total. The molecule has 1 heterocycles. The molecule has 23 heavy (non-hydrogen) atoms. The maximum absolute atomic E-state index is 11.9. The number of rotatable bonds is 6. The molecule has 1 fully saturated rings. The van der Waals surface area contributed by atoms with E-state index >= 15 is 0 Å². The van der Waals surface area contributed by atoms with Crippen molar-refractivity contribution in [3.63, 3.8) is 0 Å². The van der Waals surface area contributed by atoms with Gasteiger partial charge in [0, 0.05) is 26.6 Å². The van der Waals surface area contributed by atoms with Crippen LogP contribution in [0, 0.1) is 5.92 Å². The van der Waals surface area contributed by atoms with Gasteiger partial charge in [-0.1, -0.05) is 12.1 Å². The molecule has 0 aliphatic carbocycles. The molecule has 4 nitrogen and oxygen atoms in total. The van der Waals surface area contributed by atoms with Gasteiger partial charge in [-0.15, -0.1) is 0 Å². The van der Waals surface area contributed by atoms with Gasteiger partial charge in [-0.3, -0.25) is 4.79 Å². The molecular formula is C19H29NO3. The summed E-state index contributed by atoms with van der Waals surface area (Å²) in [5.41, 5.74) is 1.10. The Morgan fingerprint density at radius 2 is 2.04 bits per heavy atom. The van der Waals surface area contributed by atoms with Crippen LogP contribution < -0.4 is 4.74 Å². The lowest BCUT2D eigenvalue weighted by Gasteiger charge is -2.36. The molecule has 1 aliphatic heterocycles. The highest BCUT2D eigenvalue weighted by Crippen LogP contribution is 2.30. The molecule has 1 atom stereocenters. The summed E-state index contributed by atoms with van der Waals surface area (Å²) in [5.74, 6) is 1.61. The van der Waals surface area contributed by atoms with Crippen LogP contribution in [0.2, 0.25) is 0 Å². The molecular weight excluding hydrogens is 290 g/mol. The molecule has 1 aromatic carbocycles. The minimum atomic E-state index is -0.0278. The molecule has 0 spiro atoms. The van der Waals surface area contributed by atoms with Gasteiger partial charge in [-0.05, 0) is 56.7 Å². The lowest BCUT2D eigenvalue weighted by Crippen LogP contribution is -2.36. The zero-order valence-electron chi connectivity index (χ0n) is 14.8. The van der Waals surface area contributed by atoms with Crippen molar-refractivity contribution in [1.82, 2.24) is 4.90 Å². The molecule has 0 aromatic heterocycles. The molecule has 0 saturated carbocycles. The van der Waals surface area contributed by atoms with Crippen LogP contribution in [0.25, 0.3) is 0 Å². The summed E-state index contributed by atoms with van der Waals surface area (Å²) < 4.78 is 11.0. The summed E-state index contributed by atoms with van der Waals surface area (Å²) in [6.45, 7) is 8.25. The third-order valence-electron chi connectivity index (χ3n) is 4.58. The summed E-state index contributed by atoms with van der Waals surface area (Å²) in [7, 11) is 1.66. The summed E-state index contributed by atoms with van der Waals surface area (Å²) in [4.78, 5) is 13.9. The van der Waals surface area contributed by atoms with Crippen LogP contribution in [0.5, 0.6) is 5.75 Å². The van der Waals surface area contributed by atoms with Crippen LogP contribution in [0.1, 0.15) is 45.6 Å². The van der Waals surface area contributed by atoms with E-state index in [1.165, 1.54) is 0 Å². The first-order chi connectivity index (χ1) is 10.9. The quantitative estimate of drug-likeness (QED) is 0.803. The van der Waals surface area contributed by atoms with Crippen LogP contribution in [0.3, 0.4) is 0 Å². The Balaban J connectivity index is 1.89. The van der Waals surface area contributed by atoms with Crippen LogP contribution >= 0.6 is 0 Å². The van der Waals surface area contributed by atoms with E-state index in [4.69, 9.17) is 9.47 Å². The van der Waals surface area contributed by atoms with E-state index in [1.807, 2.05) is 29.2 Å². The Morgan fingerprint density at radius 1 is 1.35 bits per heavy atom. The SMILES string of the molecule is COc1ccc(CN(CC[C@H]2CCOC(C)(C)C2)C(C)=O)cc1. The van der Waals surface area contributed by atoms with E-state index in [-0.39, 0.29) is 11.5 Å². The monoisotopic (exact) mass is 319 g/mol. The number of methoxy groups -OCH3 is 1. The van der Waals surface area contributed by atoms with Gasteiger partial charge in [0.2, 0.25) is 5.91 Å². The minimum absolute atomic E-state index is 0.0278. The van der Waals surface area contributed by atoms with Crippen molar-refractivity contribution in [2.45, 2.75) is 52.2 Å². The Kier molecular flexibility index (Phi) is 6.05. The minimum Gasteiger partial charge on any atom is -0.497 e. The number of hydrogen-bond donors (Lipinski definition) is 0. The summed E-state index contributed by atoms with van der Waals surface area (Å²) in [5, 5.41) is 0. The average Bonchev–Trinajstić information content (AvgIpc) is 2.51. The normalized spacial score (nSPS) is 20.1. The summed E-state index contributed by atoms with van der Waals surface area (Å²) in [6.07, 6.45) is 3.21. The second kappa shape index (κ2) is 7.82. The van der Waals surface area contributed by atoms with E-state index in [0.29, 0.717) is 12.5 Å². The van der Waals surface area contributed by atoms with Crippen molar-refractivity contribution >= 4 is 5.91 Å². The largest absolute Gasteiger partial charge is 0.497 e. The smallest absolute Gasteiger partial charge is 0.219 e. The summed E-state index contributed by atoms with van der Waals surface area (Å²) >= 11 is 0. The van der Waals surface area contributed by atoms with Gasteiger partial charge in [0.05, 0.1) is 12.7 Å². The number of ether oxygens (including phenoxy) is 2. The average molecular weight is 319 g/mol. The highest BCUT2D eigenvalue weighted by atomic mass is 16.5. The van der Waals surface area contributed by atoms with Crippen LogP contribution in [-0.4, -0.2) is 36.7 Å². The predicted octanol–water partition coefficient (Wildman–Crippen LogP) is 3.64. The van der Waals surface area contributed by atoms with Crippen LogP contribution in [-0.2, 0) is 16.1 Å². The van der Waals surface area contributed by atoms with Crippen molar-refractivity contribution in [3.05, 3.63) is 29.8 Å². The van der Waals surface area contributed by atoms with E-state index in [2.05, 4.69) is 13.8 Å². The Bertz CT molecular complexity index is 510.